The largest absolute Gasteiger partial charge is 0.494 e. The molecule has 0 fully saturated rings. The van der Waals surface area contributed by atoms with Gasteiger partial charge < -0.3 is 10.5 Å². The second-order valence-electron chi connectivity index (χ2n) is 4.63. The first kappa shape index (κ1) is 13.1. The number of rotatable bonds is 3. The van der Waals surface area contributed by atoms with E-state index in [1.165, 1.54) is 15.3 Å². The van der Waals surface area contributed by atoms with E-state index in [2.05, 4.69) is 29.2 Å². The maximum atomic E-state index is 5.70. The Morgan fingerprint density at radius 2 is 2.00 bits per heavy atom. The Kier molecular flexibility index (Phi) is 3.42. The quantitative estimate of drug-likeness (QED) is 0.797. The van der Waals surface area contributed by atoms with Crippen LogP contribution in [0.2, 0.25) is 0 Å². The number of nitrogens with zero attached hydrogens (tertiary/aromatic N) is 1. The Morgan fingerprint density at radius 3 is 2.70 bits per heavy atom. The lowest BCUT2D eigenvalue weighted by atomic mass is 10.1. The molecule has 0 saturated carbocycles. The highest BCUT2D eigenvalue weighted by molar-refractivity contribution is 7.15. The number of benzene rings is 1. The summed E-state index contributed by atoms with van der Waals surface area (Å²) < 4.78 is 5.42. The number of fused-ring (bicyclic) bond motifs is 1. The second kappa shape index (κ2) is 5.23. The van der Waals surface area contributed by atoms with Gasteiger partial charge in [-0.15, -0.1) is 11.3 Å². The van der Waals surface area contributed by atoms with Crippen LogP contribution in [-0.2, 0) is 6.54 Å². The maximum absolute atomic E-state index is 5.70. The van der Waals surface area contributed by atoms with E-state index in [0.29, 0.717) is 6.54 Å². The molecule has 4 heteroatoms. The molecule has 3 aromatic rings. The molecule has 2 N–H and O–H groups in total. The lowest BCUT2D eigenvalue weighted by Crippen LogP contribution is -1.91. The van der Waals surface area contributed by atoms with Crippen molar-refractivity contribution in [3.05, 3.63) is 47.0 Å². The van der Waals surface area contributed by atoms with Crippen LogP contribution >= 0.6 is 11.3 Å². The maximum Gasteiger partial charge on any atom is 0.145 e. The van der Waals surface area contributed by atoms with E-state index in [9.17, 15) is 0 Å². The van der Waals surface area contributed by atoms with Crippen molar-refractivity contribution in [2.24, 2.45) is 5.73 Å². The minimum Gasteiger partial charge on any atom is -0.494 e. The van der Waals surface area contributed by atoms with E-state index in [1.54, 1.807) is 18.4 Å². The van der Waals surface area contributed by atoms with Crippen LogP contribution in [0.5, 0.6) is 5.75 Å². The summed E-state index contributed by atoms with van der Waals surface area (Å²) >= 11 is 1.72. The number of aryl methyl sites for hydroxylation is 1. The zero-order chi connectivity index (χ0) is 14.1. The van der Waals surface area contributed by atoms with Crippen molar-refractivity contribution in [1.82, 2.24) is 4.98 Å². The number of thiophene rings is 1. The van der Waals surface area contributed by atoms with Gasteiger partial charge in [0.25, 0.3) is 0 Å². The summed E-state index contributed by atoms with van der Waals surface area (Å²) in [7, 11) is 1.68. The third kappa shape index (κ3) is 2.17. The van der Waals surface area contributed by atoms with Gasteiger partial charge in [0.2, 0.25) is 0 Å². The first-order valence-corrected chi connectivity index (χ1v) is 7.28. The Balaban J connectivity index is 2.26. The molecule has 0 saturated heterocycles. The number of nitrogens with two attached hydrogens (primary N) is 1. The topological polar surface area (TPSA) is 48.1 Å². The predicted molar refractivity (Wildman–Crippen MR) is 84.2 cm³/mol. The van der Waals surface area contributed by atoms with Gasteiger partial charge in [0.1, 0.15) is 11.3 Å². The number of hydrogen-bond donors (Lipinski definition) is 1. The second-order valence-corrected chi connectivity index (χ2v) is 5.80. The lowest BCUT2D eigenvalue weighted by molar-refractivity contribution is 0.419. The molecule has 0 atom stereocenters. The normalized spacial score (nSPS) is 10.9. The molecular weight excluding hydrogens is 268 g/mol. The van der Waals surface area contributed by atoms with Crippen molar-refractivity contribution >= 4 is 22.2 Å². The Morgan fingerprint density at radius 1 is 1.15 bits per heavy atom. The van der Waals surface area contributed by atoms with Crippen LogP contribution < -0.4 is 10.5 Å². The molecule has 0 spiro atoms. The van der Waals surface area contributed by atoms with E-state index in [1.807, 2.05) is 19.1 Å². The molecule has 0 unspecified atom stereocenters. The zero-order valence-electron chi connectivity index (χ0n) is 11.5. The van der Waals surface area contributed by atoms with Crippen LogP contribution in [0.4, 0.5) is 0 Å². The summed E-state index contributed by atoms with van der Waals surface area (Å²) in [5.74, 6) is 0.808. The minimum absolute atomic E-state index is 0.579. The fourth-order valence-corrected chi connectivity index (χ4v) is 3.23. The summed E-state index contributed by atoms with van der Waals surface area (Å²) in [6, 6.07) is 12.4. The summed E-state index contributed by atoms with van der Waals surface area (Å²) in [6.45, 7) is 2.57. The van der Waals surface area contributed by atoms with Gasteiger partial charge in [-0.25, -0.2) is 4.98 Å². The summed E-state index contributed by atoms with van der Waals surface area (Å²) in [6.07, 6.45) is 0. The van der Waals surface area contributed by atoms with E-state index < -0.39 is 0 Å². The SMILES string of the molecule is COc1ccc(-c2ccc(CN)s2)c2ccc(C)nc12. The van der Waals surface area contributed by atoms with Crippen molar-refractivity contribution < 1.29 is 4.74 Å². The highest BCUT2D eigenvalue weighted by Crippen LogP contribution is 2.36. The standard InChI is InChI=1S/C16H16N2OS/c1-10-3-5-13-12(15-8-4-11(9-17)20-15)6-7-14(19-2)16(13)18-10/h3-8H,9,17H2,1-2H3. The zero-order valence-corrected chi connectivity index (χ0v) is 12.3. The van der Waals surface area contributed by atoms with Crippen molar-refractivity contribution in [1.29, 1.82) is 0 Å². The number of methoxy groups -OCH3 is 1. The monoisotopic (exact) mass is 284 g/mol. The summed E-state index contributed by atoms with van der Waals surface area (Å²) in [5, 5.41) is 1.11. The molecule has 0 aliphatic carbocycles. The number of pyridine rings is 1. The molecule has 0 aliphatic heterocycles. The highest BCUT2D eigenvalue weighted by Gasteiger charge is 2.11. The third-order valence-corrected chi connectivity index (χ3v) is 4.45. The Bertz CT molecular complexity index is 764. The van der Waals surface area contributed by atoms with E-state index >= 15 is 0 Å². The van der Waals surface area contributed by atoms with Gasteiger partial charge in [-0.1, -0.05) is 6.07 Å². The van der Waals surface area contributed by atoms with Crippen LogP contribution in [-0.4, -0.2) is 12.1 Å². The molecule has 0 radical (unpaired) electrons. The van der Waals surface area contributed by atoms with Gasteiger partial charge in [0, 0.05) is 32.9 Å². The van der Waals surface area contributed by atoms with Crippen molar-refractivity contribution in [2.45, 2.75) is 13.5 Å². The highest BCUT2D eigenvalue weighted by atomic mass is 32.1. The number of ether oxygens (including phenoxy) is 1. The van der Waals surface area contributed by atoms with E-state index in [0.717, 1.165) is 22.3 Å². The molecule has 102 valence electrons. The lowest BCUT2D eigenvalue weighted by Gasteiger charge is -2.09. The molecule has 1 aromatic carbocycles. The molecular formula is C16H16N2OS. The average molecular weight is 284 g/mol. The predicted octanol–water partition coefficient (Wildman–Crippen LogP) is 3.74. The molecule has 0 aliphatic rings. The molecule has 3 rings (SSSR count). The van der Waals surface area contributed by atoms with Gasteiger partial charge in [0.05, 0.1) is 7.11 Å². The molecule has 0 bridgehead atoms. The van der Waals surface area contributed by atoms with Crippen LogP contribution in [0.1, 0.15) is 10.6 Å². The number of aromatic nitrogens is 1. The van der Waals surface area contributed by atoms with Gasteiger partial charge in [-0.3, -0.25) is 0 Å². The average Bonchev–Trinajstić information content (AvgIpc) is 2.94. The minimum atomic E-state index is 0.579. The molecule has 2 aromatic heterocycles. The molecule has 3 nitrogen and oxygen atoms in total. The smallest absolute Gasteiger partial charge is 0.145 e. The van der Waals surface area contributed by atoms with Crippen LogP contribution in [0.25, 0.3) is 21.3 Å². The molecule has 0 amide bonds. The van der Waals surface area contributed by atoms with Crippen LogP contribution in [0.3, 0.4) is 0 Å². The van der Waals surface area contributed by atoms with Crippen molar-refractivity contribution in [3.8, 4) is 16.2 Å². The Labute approximate surface area is 122 Å². The summed E-state index contributed by atoms with van der Waals surface area (Å²) in [5.41, 5.74) is 8.77. The van der Waals surface area contributed by atoms with Crippen LogP contribution in [0.15, 0.2) is 36.4 Å². The fourth-order valence-electron chi connectivity index (χ4n) is 2.30. The third-order valence-electron chi connectivity index (χ3n) is 3.31. The molecule has 20 heavy (non-hydrogen) atoms. The summed E-state index contributed by atoms with van der Waals surface area (Å²) in [4.78, 5) is 7.01. The fraction of sp³-hybridized carbons (Fsp3) is 0.188. The van der Waals surface area contributed by atoms with E-state index in [-0.39, 0.29) is 0 Å². The Hall–Kier alpha value is -1.91. The first-order chi connectivity index (χ1) is 9.72. The molecule has 2 heterocycles. The van der Waals surface area contributed by atoms with Crippen LogP contribution in [0, 0.1) is 6.92 Å². The first-order valence-electron chi connectivity index (χ1n) is 6.46. The van der Waals surface area contributed by atoms with Gasteiger partial charge >= 0.3 is 0 Å². The van der Waals surface area contributed by atoms with E-state index in [4.69, 9.17) is 10.5 Å². The number of hydrogen-bond acceptors (Lipinski definition) is 4. The van der Waals surface area contributed by atoms with Crippen molar-refractivity contribution in [3.63, 3.8) is 0 Å². The van der Waals surface area contributed by atoms with Gasteiger partial charge in [-0.05, 0) is 37.3 Å². The van der Waals surface area contributed by atoms with Gasteiger partial charge in [-0.2, -0.15) is 0 Å². The van der Waals surface area contributed by atoms with Gasteiger partial charge in [0.15, 0.2) is 0 Å². The van der Waals surface area contributed by atoms with Crippen molar-refractivity contribution in [2.75, 3.05) is 7.11 Å².